The Morgan fingerprint density at radius 3 is 2.21 bits per heavy atom. The van der Waals surface area contributed by atoms with Gasteiger partial charge in [-0.25, -0.2) is 21.6 Å². The largest absolute Gasteiger partial charge is 0.229 e. The molecular weight excluding hydrogens is 310 g/mol. The summed E-state index contributed by atoms with van der Waals surface area (Å²) in [6.07, 6.45) is 1.02. The highest BCUT2D eigenvalue weighted by molar-refractivity contribution is 7.92. The zero-order valence-corrected chi connectivity index (χ0v) is 13.7. The summed E-state index contributed by atoms with van der Waals surface area (Å²) >= 11 is 5.78. The van der Waals surface area contributed by atoms with E-state index < -0.39 is 25.1 Å². The molecule has 5 nitrogen and oxygen atoms in total. The van der Waals surface area contributed by atoms with Crippen LogP contribution in [0.1, 0.15) is 33.1 Å². The minimum absolute atomic E-state index is 0.0473. The fourth-order valence-electron chi connectivity index (χ4n) is 2.22. The summed E-state index contributed by atoms with van der Waals surface area (Å²) in [7, 11) is -6.54. The van der Waals surface area contributed by atoms with E-state index >= 15 is 0 Å². The van der Waals surface area contributed by atoms with Gasteiger partial charge < -0.3 is 0 Å². The number of sulfonamides is 1. The molecule has 0 aromatic carbocycles. The molecule has 0 aliphatic carbocycles. The van der Waals surface area contributed by atoms with E-state index in [1.54, 1.807) is 0 Å². The van der Waals surface area contributed by atoms with Gasteiger partial charge in [0.25, 0.3) is 0 Å². The monoisotopic (exact) mass is 331 g/mol. The van der Waals surface area contributed by atoms with E-state index in [1.807, 2.05) is 13.8 Å². The summed E-state index contributed by atoms with van der Waals surface area (Å²) in [6, 6.07) is -0.287. The normalized spacial score (nSPS) is 22.5. The van der Waals surface area contributed by atoms with E-state index in [0.29, 0.717) is 12.3 Å². The lowest BCUT2D eigenvalue weighted by atomic mass is 10.1. The second-order valence-corrected chi connectivity index (χ2v) is 10.1. The number of alkyl halides is 1. The molecule has 1 aliphatic rings. The third-order valence-corrected chi connectivity index (χ3v) is 7.31. The molecule has 0 aromatic heterocycles. The van der Waals surface area contributed by atoms with Gasteiger partial charge in [0.15, 0.2) is 0 Å². The fourth-order valence-corrected chi connectivity index (χ4v) is 6.00. The van der Waals surface area contributed by atoms with E-state index in [0.717, 1.165) is 0 Å². The molecule has 1 atom stereocenters. The van der Waals surface area contributed by atoms with Crippen LogP contribution in [0.25, 0.3) is 0 Å². The van der Waals surface area contributed by atoms with E-state index in [1.165, 1.54) is 0 Å². The van der Waals surface area contributed by atoms with Crippen LogP contribution in [0.15, 0.2) is 0 Å². The van der Waals surface area contributed by atoms with E-state index in [9.17, 15) is 16.8 Å². The highest BCUT2D eigenvalue weighted by Gasteiger charge is 2.33. The van der Waals surface area contributed by atoms with Crippen molar-refractivity contribution in [1.82, 2.24) is 4.72 Å². The van der Waals surface area contributed by atoms with Crippen LogP contribution in [-0.4, -0.2) is 45.5 Å². The lowest BCUT2D eigenvalue weighted by Gasteiger charge is -2.25. The van der Waals surface area contributed by atoms with Crippen molar-refractivity contribution in [3.8, 4) is 0 Å². The van der Waals surface area contributed by atoms with E-state index in [2.05, 4.69) is 4.72 Å². The summed E-state index contributed by atoms with van der Waals surface area (Å²) < 4.78 is 49.6. The third-order valence-electron chi connectivity index (χ3n) is 3.21. The fraction of sp³-hybridized carbons (Fsp3) is 1.00. The Labute approximate surface area is 121 Å². The van der Waals surface area contributed by atoms with Crippen LogP contribution in [0.3, 0.4) is 0 Å². The standard InChI is InChI=1S/C11H22ClNO4S2/c1-9(2)7-10(8-12)13-19(16,17)11-3-5-18(14,15)6-4-11/h9-11,13H,3-8H2,1-2H3. The number of nitrogens with one attached hydrogen (secondary N) is 1. The van der Waals surface area contributed by atoms with Gasteiger partial charge in [-0.2, -0.15) is 0 Å². The first-order valence-corrected chi connectivity index (χ1v) is 10.3. The highest BCUT2D eigenvalue weighted by Crippen LogP contribution is 2.20. The van der Waals surface area contributed by atoms with Gasteiger partial charge in [0.2, 0.25) is 10.0 Å². The Bertz CT molecular complexity index is 473. The van der Waals surface area contributed by atoms with Crippen molar-refractivity contribution in [3.05, 3.63) is 0 Å². The van der Waals surface area contributed by atoms with Crippen LogP contribution in [-0.2, 0) is 19.9 Å². The van der Waals surface area contributed by atoms with Gasteiger partial charge in [-0.3, -0.25) is 0 Å². The molecule has 1 N–H and O–H groups in total. The van der Waals surface area contributed by atoms with Crippen molar-refractivity contribution < 1.29 is 16.8 Å². The minimum Gasteiger partial charge on any atom is -0.229 e. The van der Waals surface area contributed by atoms with Crippen LogP contribution in [0.4, 0.5) is 0 Å². The van der Waals surface area contributed by atoms with Crippen molar-refractivity contribution in [2.45, 2.75) is 44.4 Å². The van der Waals surface area contributed by atoms with E-state index in [-0.39, 0.29) is 36.3 Å². The molecule has 114 valence electrons. The number of rotatable bonds is 6. The molecule has 1 heterocycles. The Morgan fingerprint density at radius 1 is 1.26 bits per heavy atom. The van der Waals surface area contributed by atoms with Crippen molar-refractivity contribution >= 4 is 31.5 Å². The average Bonchev–Trinajstić information content (AvgIpc) is 2.26. The van der Waals surface area contributed by atoms with Crippen molar-refractivity contribution in [1.29, 1.82) is 0 Å². The quantitative estimate of drug-likeness (QED) is 0.740. The molecule has 0 bridgehead atoms. The predicted molar refractivity (Wildman–Crippen MR) is 77.7 cm³/mol. The topological polar surface area (TPSA) is 80.3 Å². The zero-order chi connectivity index (χ0) is 14.7. The van der Waals surface area contributed by atoms with Crippen molar-refractivity contribution in [3.63, 3.8) is 0 Å². The van der Waals surface area contributed by atoms with Crippen LogP contribution in [0.5, 0.6) is 0 Å². The Kier molecular flexibility index (Phi) is 6.10. The lowest BCUT2D eigenvalue weighted by Crippen LogP contribution is -2.45. The molecular formula is C11H22ClNO4S2. The van der Waals surface area contributed by atoms with Gasteiger partial charge in [-0.15, -0.1) is 11.6 Å². The third kappa shape index (κ3) is 5.57. The van der Waals surface area contributed by atoms with E-state index in [4.69, 9.17) is 11.6 Å². The number of halogens is 1. The minimum atomic E-state index is -3.49. The van der Waals surface area contributed by atoms with Crippen molar-refractivity contribution in [2.75, 3.05) is 17.4 Å². The molecule has 1 rings (SSSR count). The first-order valence-electron chi connectivity index (χ1n) is 6.44. The number of hydrogen-bond donors (Lipinski definition) is 1. The molecule has 0 aromatic rings. The van der Waals surface area contributed by atoms with Gasteiger partial charge in [0, 0.05) is 11.9 Å². The average molecular weight is 332 g/mol. The van der Waals surface area contributed by atoms with Crippen molar-refractivity contribution in [2.24, 2.45) is 5.92 Å². The van der Waals surface area contributed by atoms with Crippen LogP contribution in [0.2, 0.25) is 0 Å². The first-order chi connectivity index (χ1) is 8.66. The summed E-state index contributed by atoms with van der Waals surface area (Å²) in [5.74, 6) is 0.476. The molecule has 8 heteroatoms. The van der Waals surface area contributed by atoms with Gasteiger partial charge in [0.05, 0.1) is 16.8 Å². The molecule has 0 spiro atoms. The maximum Gasteiger partial charge on any atom is 0.214 e. The molecule has 1 fully saturated rings. The molecule has 0 saturated carbocycles. The lowest BCUT2D eigenvalue weighted by molar-refractivity contribution is 0.477. The van der Waals surface area contributed by atoms with Crippen LogP contribution in [0, 0.1) is 5.92 Å². The maximum absolute atomic E-state index is 12.2. The summed E-state index contributed by atoms with van der Waals surface area (Å²) in [5.41, 5.74) is 0. The van der Waals surface area contributed by atoms with Gasteiger partial charge in [-0.05, 0) is 25.2 Å². The Balaban J connectivity index is 2.65. The Morgan fingerprint density at radius 2 is 1.79 bits per heavy atom. The zero-order valence-electron chi connectivity index (χ0n) is 11.3. The maximum atomic E-state index is 12.2. The molecule has 19 heavy (non-hydrogen) atoms. The molecule has 0 amide bonds. The highest BCUT2D eigenvalue weighted by atomic mass is 35.5. The summed E-state index contributed by atoms with van der Waals surface area (Å²) in [6.45, 7) is 4.00. The molecule has 1 aliphatic heterocycles. The Hall–Kier alpha value is 0.150. The SMILES string of the molecule is CC(C)CC(CCl)NS(=O)(=O)C1CCS(=O)(=O)CC1. The summed E-state index contributed by atoms with van der Waals surface area (Å²) in [5, 5.41) is -0.617. The van der Waals surface area contributed by atoms with Gasteiger partial charge >= 0.3 is 0 Å². The number of hydrogen-bond acceptors (Lipinski definition) is 4. The predicted octanol–water partition coefficient (Wildman–Crippen LogP) is 1.14. The smallest absolute Gasteiger partial charge is 0.214 e. The van der Waals surface area contributed by atoms with Gasteiger partial charge in [0.1, 0.15) is 9.84 Å². The van der Waals surface area contributed by atoms with Gasteiger partial charge in [-0.1, -0.05) is 13.8 Å². The summed E-state index contributed by atoms with van der Waals surface area (Å²) in [4.78, 5) is 0. The number of sulfone groups is 1. The molecule has 1 saturated heterocycles. The second-order valence-electron chi connectivity index (χ2n) is 5.49. The van der Waals surface area contributed by atoms with Crippen LogP contribution < -0.4 is 4.72 Å². The van der Waals surface area contributed by atoms with Crippen LogP contribution >= 0.6 is 11.6 Å². The molecule has 0 radical (unpaired) electrons. The second kappa shape index (κ2) is 6.74. The molecule has 1 unspecified atom stereocenters. The first kappa shape index (κ1) is 17.2.